The molecule has 6 nitrogen and oxygen atoms in total. The average Bonchev–Trinajstić information content (AvgIpc) is 2.60. The van der Waals surface area contributed by atoms with Gasteiger partial charge in [-0.15, -0.1) is 0 Å². The monoisotopic (exact) mass is 235 g/mol. The molecule has 4 N–H and O–H groups in total. The van der Waals surface area contributed by atoms with Gasteiger partial charge in [-0.1, -0.05) is 0 Å². The smallest absolute Gasteiger partial charge is 0.245 e. The van der Waals surface area contributed by atoms with Crippen molar-refractivity contribution in [3.05, 3.63) is 12.3 Å². The first-order valence-electron chi connectivity index (χ1n) is 6.04. The Balaban J connectivity index is 1.72. The second-order valence-corrected chi connectivity index (χ2v) is 4.94. The molecule has 1 aromatic heterocycles. The van der Waals surface area contributed by atoms with Crippen LogP contribution in [0, 0.1) is 0 Å². The molecule has 6 heteroatoms. The van der Waals surface area contributed by atoms with E-state index in [4.69, 9.17) is 5.73 Å². The molecule has 0 spiro atoms. The number of nitrogens with one attached hydrogen (secondary N) is 2. The van der Waals surface area contributed by atoms with Crippen molar-refractivity contribution in [3.8, 4) is 0 Å². The first kappa shape index (κ1) is 10.7. The van der Waals surface area contributed by atoms with Crippen molar-refractivity contribution in [1.82, 2.24) is 15.1 Å². The minimum absolute atomic E-state index is 0.0854. The average molecular weight is 235 g/mol. The summed E-state index contributed by atoms with van der Waals surface area (Å²) in [5, 5.41) is 10.3. The third kappa shape index (κ3) is 1.73. The van der Waals surface area contributed by atoms with E-state index in [0.29, 0.717) is 6.04 Å². The molecule has 0 bridgehead atoms. The summed E-state index contributed by atoms with van der Waals surface area (Å²) in [6, 6.07) is 2.16. The first-order valence-corrected chi connectivity index (χ1v) is 6.04. The van der Waals surface area contributed by atoms with E-state index in [9.17, 15) is 4.79 Å². The van der Waals surface area contributed by atoms with Crippen LogP contribution < -0.4 is 16.4 Å². The Morgan fingerprint density at radius 2 is 2.35 bits per heavy atom. The highest BCUT2D eigenvalue weighted by Gasteiger charge is 2.40. The van der Waals surface area contributed by atoms with Crippen molar-refractivity contribution < 1.29 is 4.79 Å². The summed E-state index contributed by atoms with van der Waals surface area (Å²) >= 11 is 0. The summed E-state index contributed by atoms with van der Waals surface area (Å²) in [6.45, 7) is 1.80. The Bertz CT molecular complexity index is 433. The molecule has 1 aliphatic heterocycles. The number of nitrogens with two attached hydrogens (primary N) is 1. The van der Waals surface area contributed by atoms with E-state index < -0.39 is 5.54 Å². The summed E-state index contributed by atoms with van der Waals surface area (Å²) in [4.78, 5) is 12.0. The second kappa shape index (κ2) is 3.82. The van der Waals surface area contributed by atoms with Crippen LogP contribution >= 0.6 is 0 Å². The molecular weight excluding hydrogens is 218 g/mol. The van der Waals surface area contributed by atoms with Crippen molar-refractivity contribution in [1.29, 1.82) is 0 Å². The van der Waals surface area contributed by atoms with Crippen LogP contribution in [-0.2, 0) is 4.79 Å². The molecule has 2 heterocycles. The Hall–Kier alpha value is -1.40. The number of aromatic nitrogens is 2. The van der Waals surface area contributed by atoms with E-state index in [1.807, 2.05) is 10.7 Å². The predicted octanol–water partition coefficient (Wildman–Crippen LogP) is -0.153. The number of rotatable bonds is 3. The lowest BCUT2D eigenvalue weighted by Crippen LogP contribution is -2.56. The molecule has 0 unspecified atom stereocenters. The third-order valence-corrected chi connectivity index (χ3v) is 3.72. The lowest BCUT2D eigenvalue weighted by molar-refractivity contribution is -0.123. The molecule has 1 amide bonds. The fourth-order valence-electron chi connectivity index (χ4n) is 2.18. The zero-order chi connectivity index (χ0) is 11.9. The van der Waals surface area contributed by atoms with Gasteiger partial charge in [0.15, 0.2) is 0 Å². The van der Waals surface area contributed by atoms with Gasteiger partial charge in [-0.2, -0.15) is 5.10 Å². The molecule has 1 aliphatic carbocycles. The molecular formula is C11H17N5O. The molecule has 1 saturated carbocycles. The lowest BCUT2D eigenvalue weighted by atomic mass is 9.77. The highest BCUT2D eigenvalue weighted by atomic mass is 16.2. The quantitative estimate of drug-likeness (QED) is 0.680. The van der Waals surface area contributed by atoms with Crippen molar-refractivity contribution in [3.63, 3.8) is 0 Å². The fraction of sp³-hybridized carbons (Fsp3) is 0.636. The molecule has 17 heavy (non-hydrogen) atoms. The number of nitrogens with zero attached hydrogens (tertiary/aromatic N) is 2. The third-order valence-electron chi connectivity index (χ3n) is 3.72. The van der Waals surface area contributed by atoms with Crippen LogP contribution in [0.25, 0.3) is 0 Å². The van der Waals surface area contributed by atoms with E-state index in [2.05, 4.69) is 15.7 Å². The minimum atomic E-state index is -0.660. The number of amides is 1. The number of hydrogen-bond acceptors (Lipinski definition) is 4. The summed E-state index contributed by atoms with van der Waals surface area (Å²) < 4.78 is 1.86. The highest BCUT2D eigenvalue weighted by molar-refractivity contribution is 5.98. The van der Waals surface area contributed by atoms with Crippen LogP contribution in [-0.4, -0.2) is 34.3 Å². The zero-order valence-corrected chi connectivity index (χ0v) is 9.65. The molecule has 92 valence electrons. The Morgan fingerprint density at radius 3 is 2.88 bits per heavy atom. The minimum Gasteiger partial charge on any atom is -0.317 e. The van der Waals surface area contributed by atoms with Gasteiger partial charge < -0.3 is 16.4 Å². The van der Waals surface area contributed by atoms with Crippen LogP contribution in [0.15, 0.2) is 12.3 Å². The Morgan fingerprint density at radius 1 is 1.59 bits per heavy atom. The molecule has 1 aromatic rings. The highest BCUT2D eigenvalue weighted by Crippen LogP contribution is 2.30. The Kier molecular flexibility index (Phi) is 2.41. The first-order chi connectivity index (χ1) is 8.19. The molecule has 2 fully saturated rings. The Labute approximate surface area is 99.5 Å². The summed E-state index contributed by atoms with van der Waals surface area (Å²) in [5.74, 6) is 0.663. The molecule has 1 saturated heterocycles. The molecule has 0 radical (unpaired) electrons. The molecule has 0 aromatic carbocycles. The van der Waals surface area contributed by atoms with Crippen LogP contribution in [0.2, 0.25) is 0 Å². The van der Waals surface area contributed by atoms with Crippen LogP contribution in [0.4, 0.5) is 5.82 Å². The summed E-state index contributed by atoms with van der Waals surface area (Å²) in [5.41, 5.74) is 5.32. The molecule has 3 rings (SSSR count). The summed E-state index contributed by atoms with van der Waals surface area (Å²) in [6.07, 6.45) is 4.30. The maximum atomic E-state index is 12.0. The SMILES string of the molecule is NC1(C(=O)Nc2ccnn2C2CNC2)CCC1. The van der Waals surface area contributed by atoms with Crippen molar-refractivity contribution >= 4 is 11.7 Å². The zero-order valence-electron chi connectivity index (χ0n) is 9.65. The van der Waals surface area contributed by atoms with E-state index in [-0.39, 0.29) is 5.91 Å². The summed E-state index contributed by atoms with van der Waals surface area (Å²) in [7, 11) is 0. The maximum Gasteiger partial charge on any atom is 0.245 e. The lowest BCUT2D eigenvalue weighted by Gasteiger charge is -2.36. The standard InChI is InChI=1S/C11H17N5O/c12-11(3-1-4-11)10(17)15-9-2-5-14-16(9)8-6-13-7-8/h2,5,8,13H,1,3-4,6-7,12H2,(H,15,17). The van der Waals surface area contributed by atoms with Gasteiger partial charge in [-0.05, 0) is 19.3 Å². The predicted molar refractivity (Wildman–Crippen MR) is 63.5 cm³/mol. The van der Waals surface area contributed by atoms with Gasteiger partial charge in [0, 0.05) is 19.2 Å². The number of anilines is 1. The van der Waals surface area contributed by atoms with Crippen molar-refractivity contribution in [2.75, 3.05) is 18.4 Å². The number of hydrogen-bond donors (Lipinski definition) is 3. The normalized spacial score (nSPS) is 22.6. The van der Waals surface area contributed by atoms with Gasteiger partial charge in [-0.3, -0.25) is 4.79 Å². The van der Waals surface area contributed by atoms with Gasteiger partial charge in [0.05, 0.1) is 17.8 Å². The van der Waals surface area contributed by atoms with Crippen molar-refractivity contribution in [2.45, 2.75) is 30.8 Å². The van der Waals surface area contributed by atoms with Crippen LogP contribution in [0.5, 0.6) is 0 Å². The van der Waals surface area contributed by atoms with Gasteiger partial charge in [0.2, 0.25) is 5.91 Å². The second-order valence-electron chi connectivity index (χ2n) is 4.94. The number of carbonyl (C=O) groups excluding carboxylic acids is 1. The maximum absolute atomic E-state index is 12.0. The van der Waals surface area contributed by atoms with Gasteiger partial charge in [0.1, 0.15) is 5.82 Å². The topological polar surface area (TPSA) is 85.0 Å². The van der Waals surface area contributed by atoms with Crippen LogP contribution in [0.3, 0.4) is 0 Å². The van der Waals surface area contributed by atoms with E-state index in [1.165, 1.54) is 0 Å². The van der Waals surface area contributed by atoms with Crippen LogP contribution in [0.1, 0.15) is 25.3 Å². The van der Waals surface area contributed by atoms with Gasteiger partial charge >= 0.3 is 0 Å². The van der Waals surface area contributed by atoms with E-state index in [1.54, 1.807) is 6.20 Å². The van der Waals surface area contributed by atoms with Crippen molar-refractivity contribution in [2.24, 2.45) is 5.73 Å². The molecule has 2 aliphatic rings. The fourth-order valence-corrected chi connectivity index (χ4v) is 2.18. The number of carbonyl (C=O) groups is 1. The molecule has 0 atom stereocenters. The van der Waals surface area contributed by atoms with Gasteiger partial charge in [0.25, 0.3) is 0 Å². The van der Waals surface area contributed by atoms with E-state index in [0.717, 1.165) is 38.2 Å². The van der Waals surface area contributed by atoms with Gasteiger partial charge in [-0.25, -0.2) is 4.68 Å². The van der Waals surface area contributed by atoms with E-state index >= 15 is 0 Å². The largest absolute Gasteiger partial charge is 0.317 e.